The molecule has 5 nitrogen and oxygen atoms in total. The van der Waals surface area contributed by atoms with Crippen molar-refractivity contribution in [2.45, 2.75) is 31.0 Å². The van der Waals surface area contributed by atoms with E-state index in [1.54, 1.807) is 6.07 Å². The Morgan fingerprint density at radius 1 is 1.07 bits per heavy atom. The van der Waals surface area contributed by atoms with Crippen molar-refractivity contribution in [1.29, 1.82) is 0 Å². The van der Waals surface area contributed by atoms with Gasteiger partial charge in [0.1, 0.15) is 5.03 Å². The summed E-state index contributed by atoms with van der Waals surface area (Å²) in [6.45, 7) is 5.83. The fourth-order valence-electron chi connectivity index (χ4n) is 2.51. The number of thioether (sulfide) groups is 1. The number of nitrogens with zero attached hydrogens (tertiary/aromatic N) is 2. The van der Waals surface area contributed by atoms with Gasteiger partial charge in [-0.25, -0.2) is 0 Å². The Morgan fingerprint density at radius 3 is 2.46 bits per heavy atom. The molecule has 0 saturated carbocycles. The molecule has 1 heterocycles. The van der Waals surface area contributed by atoms with Crippen LogP contribution < -0.4 is 10.9 Å². The monoisotopic (exact) mass is 457 g/mol. The number of carbonyl (C=O) groups excluding carboxylic acids is 1. The van der Waals surface area contributed by atoms with Crippen LogP contribution in [0.3, 0.4) is 0 Å². The van der Waals surface area contributed by atoms with Gasteiger partial charge in [-0.3, -0.25) is 9.59 Å². The molecule has 0 bridgehead atoms. The van der Waals surface area contributed by atoms with Crippen molar-refractivity contribution < 1.29 is 4.79 Å². The zero-order valence-electron chi connectivity index (χ0n) is 15.8. The van der Waals surface area contributed by atoms with Gasteiger partial charge < -0.3 is 5.32 Å². The summed E-state index contributed by atoms with van der Waals surface area (Å²) in [5.41, 5.74) is 3.47. The third-order valence-corrected chi connectivity index (χ3v) is 5.84. The molecule has 0 fully saturated rings. The van der Waals surface area contributed by atoms with Gasteiger partial charge in [-0.2, -0.15) is 9.78 Å². The van der Waals surface area contributed by atoms with Crippen LogP contribution in [0.5, 0.6) is 0 Å². The fourth-order valence-corrected chi connectivity index (χ4v) is 3.58. The highest BCUT2D eigenvalue weighted by Crippen LogP contribution is 2.23. The van der Waals surface area contributed by atoms with Crippen molar-refractivity contribution in [3.05, 3.63) is 80.6 Å². The number of amides is 1. The molecule has 1 amide bonds. The topological polar surface area (TPSA) is 64.0 Å². The second-order valence-electron chi connectivity index (χ2n) is 6.45. The Balaban J connectivity index is 1.76. The molecular formula is C21H20BrN3O2S. The maximum Gasteiger partial charge on any atom is 0.271 e. The number of aromatic nitrogens is 2. The van der Waals surface area contributed by atoms with Gasteiger partial charge in [-0.05, 0) is 74.4 Å². The molecule has 1 aromatic heterocycles. The van der Waals surface area contributed by atoms with E-state index in [0.29, 0.717) is 10.7 Å². The summed E-state index contributed by atoms with van der Waals surface area (Å²) in [5, 5.41) is 7.55. The number of hydrogen-bond acceptors (Lipinski definition) is 4. The summed E-state index contributed by atoms with van der Waals surface area (Å²) in [7, 11) is 0. The van der Waals surface area contributed by atoms with Gasteiger partial charge in [0, 0.05) is 16.2 Å². The number of rotatable bonds is 5. The van der Waals surface area contributed by atoms with E-state index in [4.69, 9.17) is 0 Å². The number of hydrogen-bond donors (Lipinski definition) is 1. The van der Waals surface area contributed by atoms with Crippen LogP contribution >= 0.6 is 27.7 Å². The standard InChI is InChI=1S/C21H20BrN3O2S/c1-13-4-9-18(12-14(13)2)25-20(26)11-10-19(24-25)28-15(3)21(27)23-17-7-5-16(22)6-8-17/h4-12,15H,1-3H3,(H,23,27)/t15-/m0/s1. The Labute approximate surface area is 176 Å². The zero-order chi connectivity index (χ0) is 20.3. The van der Waals surface area contributed by atoms with Crippen molar-refractivity contribution in [1.82, 2.24) is 9.78 Å². The first-order valence-corrected chi connectivity index (χ1v) is 10.4. The van der Waals surface area contributed by atoms with Gasteiger partial charge in [0.2, 0.25) is 5.91 Å². The van der Waals surface area contributed by atoms with Crippen molar-refractivity contribution in [2.24, 2.45) is 0 Å². The van der Waals surface area contributed by atoms with E-state index in [1.165, 1.54) is 22.5 Å². The maximum absolute atomic E-state index is 12.5. The number of benzene rings is 2. The Morgan fingerprint density at radius 2 is 1.79 bits per heavy atom. The summed E-state index contributed by atoms with van der Waals surface area (Å²) in [4.78, 5) is 24.7. The first-order chi connectivity index (χ1) is 13.3. The van der Waals surface area contributed by atoms with Crippen LogP contribution in [-0.4, -0.2) is 20.9 Å². The van der Waals surface area contributed by atoms with Crippen LogP contribution in [0.1, 0.15) is 18.1 Å². The van der Waals surface area contributed by atoms with E-state index < -0.39 is 0 Å². The molecule has 0 aliphatic carbocycles. The maximum atomic E-state index is 12.5. The largest absolute Gasteiger partial charge is 0.325 e. The third kappa shape index (κ3) is 4.91. The highest BCUT2D eigenvalue weighted by Gasteiger charge is 2.16. The lowest BCUT2D eigenvalue weighted by molar-refractivity contribution is -0.115. The Kier molecular flexibility index (Phi) is 6.36. The Hall–Kier alpha value is -2.38. The highest BCUT2D eigenvalue weighted by atomic mass is 79.9. The van der Waals surface area contributed by atoms with E-state index in [0.717, 1.165) is 21.3 Å². The van der Waals surface area contributed by atoms with Gasteiger partial charge >= 0.3 is 0 Å². The quantitative estimate of drug-likeness (QED) is 0.562. The number of halogens is 1. The number of carbonyl (C=O) groups is 1. The summed E-state index contributed by atoms with van der Waals surface area (Å²) in [6.07, 6.45) is 0. The number of nitrogens with one attached hydrogen (secondary N) is 1. The predicted molar refractivity (Wildman–Crippen MR) is 117 cm³/mol. The minimum Gasteiger partial charge on any atom is -0.325 e. The summed E-state index contributed by atoms with van der Waals surface area (Å²) in [5.74, 6) is -0.127. The van der Waals surface area contributed by atoms with Gasteiger partial charge in [-0.1, -0.05) is 33.8 Å². The number of anilines is 1. The van der Waals surface area contributed by atoms with Crippen LogP contribution in [0.4, 0.5) is 5.69 Å². The van der Waals surface area contributed by atoms with E-state index in [1.807, 2.05) is 63.2 Å². The van der Waals surface area contributed by atoms with Crippen LogP contribution in [0.25, 0.3) is 5.69 Å². The normalized spacial score (nSPS) is 11.9. The Bertz CT molecular complexity index is 1060. The number of aryl methyl sites for hydroxylation is 2. The fraction of sp³-hybridized carbons (Fsp3) is 0.190. The molecule has 3 aromatic rings. The molecule has 28 heavy (non-hydrogen) atoms. The van der Waals surface area contributed by atoms with Crippen molar-refractivity contribution in [3.63, 3.8) is 0 Å². The van der Waals surface area contributed by atoms with E-state index >= 15 is 0 Å². The SMILES string of the molecule is Cc1ccc(-n2nc(S[C@@H](C)C(=O)Nc3ccc(Br)cc3)ccc2=O)cc1C. The highest BCUT2D eigenvalue weighted by molar-refractivity contribution is 9.10. The first kappa shape index (κ1) is 20.4. The molecule has 0 unspecified atom stereocenters. The van der Waals surface area contributed by atoms with Crippen LogP contribution in [0.15, 0.2) is 68.9 Å². The summed E-state index contributed by atoms with van der Waals surface area (Å²) < 4.78 is 2.32. The molecule has 144 valence electrons. The van der Waals surface area contributed by atoms with E-state index in [9.17, 15) is 9.59 Å². The predicted octanol–water partition coefficient (Wildman–Crippen LogP) is 4.73. The molecular weight excluding hydrogens is 438 g/mol. The van der Waals surface area contributed by atoms with E-state index in [2.05, 4.69) is 26.3 Å². The second kappa shape index (κ2) is 8.75. The smallest absolute Gasteiger partial charge is 0.271 e. The van der Waals surface area contributed by atoms with Crippen molar-refractivity contribution in [2.75, 3.05) is 5.32 Å². The lowest BCUT2D eigenvalue weighted by Gasteiger charge is -2.13. The van der Waals surface area contributed by atoms with Crippen LogP contribution in [0.2, 0.25) is 0 Å². The van der Waals surface area contributed by atoms with Crippen molar-refractivity contribution >= 4 is 39.3 Å². The first-order valence-electron chi connectivity index (χ1n) is 8.74. The minimum absolute atomic E-state index is 0.127. The van der Waals surface area contributed by atoms with Gasteiger partial charge in [0.05, 0.1) is 10.9 Å². The van der Waals surface area contributed by atoms with Crippen LogP contribution in [0, 0.1) is 13.8 Å². The summed E-state index contributed by atoms with van der Waals surface area (Å²) >= 11 is 4.68. The molecule has 7 heteroatoms. The molecule has 0 radical (unpaired) electrons. The van der Waals surface area contributed by atoms with Gasteiger partial charge in [-0.15, -0.1) is 0 Å². The van der Waals surface area contributed by atoms with E-state index in [-0.39, 0.29) is 16.7 Å². The lowest BCUT2D eigenvalue weighted by atomic mass is 10.1. The minimum atomic E-state index is -0.373. The molecule has 0 saturated heterocycles. The molecule has 3 rings (SSSR count). The lowest BCUT2D eigenvalue weighted by Crippen LogP contribution is -2.24. The molecule has 0 aliphatic heterocycles. The molecule has 1 atom stereocenters. The molecule has 2 aromatic carbocycles. The second-order valence-corrected chi connectivity index (χ2v) is 8.72. The molecule has 1 N–H and O–H groups in total. The molecule has 0 aliphatic rings. The average Bonchev–Trinajstić information content (AvgIpc) is 2.67. The van der Waals surface area contributed by atoms with Crippen molar-refractivity contribution in [3.8, 4) is 5.69 Å². The van der Waals surface area contributed by atoms with Crippen LogP contribution in [-0.2, 0) is 4.79 Å². The zero-order valence-corrected chi connectivity index (χ0v) is 18.2. The third-order valence-electron chi connectivity index (χ3n) is 4.29. The van der Waals surface area contributed by atoms with Gasteiger partial charge in [0.25, 0.3) is 5.56 Å². The summed E-state index contributed by atoms with van der Waals surface area (Å²) in [6, 6.07) is 16.3. The van der Waals surface area contributed by atoms with Gasteiger partial charge in [0.15, 0.2) is 0 Å². The average molecular weight is 458 g/mol. The molecule has 0 spiro atoms.